The van der Waals surface area contributed by atoms with Gasteiger partial charge >= 0.3 is 0 Å². The number of sulfone groups is 1. The zero-order valence-electron chi connectivity index (χ0n) is 10.5. The van der Waals surface area contributed by atoms with Crippen LogP contribution in [0.4, 0.5) is 0 Å². The lowest BCUT2D eigenvalue weighted by molar-refractivity contribution is 0.364. The molecule has 1 fully saturated rings. The van der Waals surface area contributed by atoms with Crippen LogP contribution in [0.1, 0.15) is 46.0 Å². The van der Waals surface area contributed by atoms with E-state index in [9.17, 15) is 8.42 Å². The molecular weight excluding hydrogens is 222 g/mol. The Morgan fingerprint density at radius 1 is 1.19 bits per heavy atom. The Balaban J connectivity index is 2.30. The molecule has 2 unspecified atom stereocenters. The number of hydrogen-bond donors (Lipinski definition) is 1. The third-order valence-corrected chi connectivity index (χ3v) is 5.33. The highest BCUT2D eigenvalue weighted by Crippen LogP contribution is 2.22. The Kier molecular flexibility index (Phi) is 5.76. The molecule has 0 saturated heterocycles. The summed E-state index contributed by atoms with van der Waals surface area (Å²) in [5.74, 6) is 1.23. The van der Waals surface area contributed by atoms with Gasteiger partial charge in [-0.25, -0.2) is 8.42 Å². The number of hydrogen-bond acceptors (Lipinski definition) is 3. The fourth-order valence-corrected chi connectivity index (χ4v) is 3.06. The van der Waals surface area contributed by atoms with Crippen LogP contribution in [0, 0.1) is 5.92 Å². The largest absolute Gasteiger partial charge is 0.313 e. The second kappa shape index (κ2) is 6.60. The van der Waals surface area contributed by atoms with Gasteiger partial charge in [-0.1, -0.05) is 33.1 Å². The molecule has 0 bridgehead atoms. The van der Waals surface area contributed by atoms with E-state index in [-0.39, 0.29) is 11.5 Å². The minimum absolute atomic E-state index is 0.259. The molecule has 0 amide bonds. The highest BCUT2D eigenvalue weighted by molar-refractivity contribution is 7.91. The lowest BCUT2D eigenvalue weighted by Gasteiger charge is -2.22. The van der Waals surface area contributed by atoms with Crippen LogP contribution in [0.25, 0.3) is 0 Å². The van der Waals surface area contributed by atoms with Gasteiger partial charge in [-0.05, 0) is 18.8 Å². The topological polar surface area (TPSA) is 46.2 Å². The SMILES string of the molecule is CCS(=O)(=O)CCNC1CCCCCC1C. The van der Waals surface area contributed by atoms with Crippen molar-refractivity contribution in [3.63, 3.8) is 0 Å². The van der Waals surface area contributed by atoms with Gasteiger partial charge in [0.25, 0.3) is 0 Å². The van der Waals surface area contributed by atoms with E-state index in [1.54, 1.807) is 6.92 Å². The lowest BCUT2D eigenvalue weighted by atomic mass is 9.97. The van der Waals surface area contributed by atoms with Crippen molar-refractivity contribution in [1.82, 2.24) is 5.32 Å². The molecule has 0 radical (unpaired) electrons. The van der Waals surface area contributed by atoms with Crippen LogP contribution in [0.3, 0.4) is 0 Å². The van der Waals surface area contributed by atoms with E-state index in [1.807, 2.05) is 0 Å². The van der Waals surface area contributed by atoms with E-state index in [2.05, 4.69) is 12.2 Å². The summed E-state index contributed by atoms with van der Waals surface area (Å²) in [7, 11) is -2.81. The molecule has 1 saturated carbocycles. The van der Waals surface area contributed by atoms with Crippen LogP contribution in [-0.4, -0.2) is 32.5 Å². The molecule has 0 aromatic heterocycles. The summed E-state index contributed by atoms with van der Waals surface area (Å²) >= 11 is 0. The van der Waals surface area contributed by atoms with Gasteiger partial charge in [0.1, 0.15) is 0 Å². The molecule has 0 aromatic carbocycles. The molecule has 16 heavy (non-hydrogen) atoms. The van der Waals surface area contributed by atoms with E-state index >= 15 is 0 Å². The van der Waals surface area contributed by atoms with Crippen molar-refractivity contribution in [2.75, 3.05) is 18.1 Å². The van der Waals surface area contributed by atoms with Gasteiger partial charge in [-0.15, -0.1) is 0 Å². The summed E-state index contributed by atoms with van der Waals surface area (Å²) in [4.78, 5) is 0. The molecule has 0 aliphatic heterocycles. The van der Waals surface area contributed by atoms with E-state index < -0.39 is 9.84 Å². The third kappa shape index (κ3) is 4.83. The Morgan fingerprint density at radius 3 is 2.56 bits per heavy atom. The third-order valence-electron chi connectivity index (χ3n) is 3.62. The van der Waals surface area contributed by atoms with Gasteiger partial charge in [-0.3, -0.25) is 0 Å². The number of rotatable bonds is 5. The first-order valence-corrected chi connectivity index (χ1v) is 8.31. The molecule has 4 heteroatoms. The maximum absolute atomic E-state index is 11.4. The summed E-state index contributed by atoms with van der Waals surface area (Å²) in [5.41, 5.74) is 0. The zero-order chi connectivity index (χ0) is 12.0. The summed E-state index contributed by atoms with van der Waals surface area (Å²) in [6.07, 6.45) is 6.41. The van der Waals surface area contributed by atoms with Crippen molar-refractivity contribution >= 4 is 9.84 Å². The molecule has 1 aliphatic rings. The van der Waals surface area contributed by atoms with Gasteiger partial charge in [0.2, 0.25) is 0 Å². The molecule has 1 N–H and O–H groups in total. The van der Waals surface area contributed by atoms with Crippen LogP contribution >= 0.6 is 0 Å². The Bertz CT molecular complexity index is 287. The van der Waals surface area contributed by atoms with E-state index in [0.29, 0.717) is 18.5 Å². The van der Waals surface area contributed by atoms with Gasteiger partial charge in [-0.2, -0.15) is 0 Å². The highest BCUT2D eigenvalue weighted by atomic mass is 32.2. The number of nitrogens with one attached hydrogen (secondary N) is 1. The summed E-state index contributed by atoms with van der Waals surface area (Å²) in [6.45, 7) is 4.60. The van der Waals surface area contributed by atoms with Gasteiger partial charge in [0.15, 0.2) is 9.84 Å². The maximum atomic E-state index is 11.4. The van der Waals surface area contributed by atoms with E-state index in [1.165, 1.54) is 32.1 Å². The normalized spacial score (nSPS) is 27.6. The molecular formula is C12H25NO2S. The first kappa shape index (κ1) is 14.0. The fourth-order valence-electron chi connectivity index (χ4n) is 2.34. The fraction of sp³-hybridized carbons (Fsp3) is 1.00. The molecule has 3 nitrogen and oxygen atoms in total. The van der Waals surface area contributed by atoms with Gasteiger partial charge in [0, 0.05) is 18.3 Å². The smallest absolute Gasteiger partial charge is 0.151 e. The van der Waals surface area contributed by atoms with Crippen LogP contribution in [-0.2, 0) is 9.84 Å². The van der Waals surface area contributed by atoms with Crippen molar-refractivity contribution in [3.05, 3.63) is 0 Å². The second-order valence-corrected chi connectivity index (χ2v) is 7.39. The standard InChI is InChI=1S/C12H25NO2S/c1-3-16(14,15)10-9-13-12-8-6-4-5-7-11(12)2/h11-13H,3-10H2,1-2H3. The zero-order valence-corrected chi connectivity index (χ0v) is 11.4. The van der Waals surface area contributed by atoms with Crippen LogP contribution in [0.5, 0.6) is 0 Å². The summed E-state index contributed by atoms with van der Waals surface area (Å²) < 4.78 is 22.7. The monoisotopic (exact) mass is 247 g/mol. The minimum atomic E-state index is -2.81. The molecule has 0 heterocycles. The van der Waals surface area contributed by atoms with Crippen molar-refractivity contribution < 1.29 is 8.42 Å². The van der Waals surface area contributed by atoms with E-state index in [4.69, 9.17) is 0 Å². The molecule has 2 atom stereocenters. The van der Waals surface area contributed by atoms with Crippen molar-refractivity contribution in [1.29, 1.82) is 0 Å². The molecule has 0 spiro atoms. The Hall–Kier alpha value is -0.0900. The maximum Gasteiger partial charge on any atom is 0.151 e. The predicted molar refractivity (Wildman–Crippen MR) is 68.4 cm³/mol. The predicted octanol–water partition coefficient (Wildman–Crippen LogP) is 1.98. The average molecular weight is 247 g/mol. The summed E-state index contributed by atoms with van der Waals surface area (Å²) in [5, 5.41) is 3.42. The van der Waals surface area contributed by atoms with Crippen molar-refractivity contribution in [2.24, 2.45) is 5.92 Å². The quantitative estimate of drug-likeness (QED) is 0.756. The van der Waals surface area contributed by atoms with E-state index in [0.717, 1.165) is 0 Å². The van der Waals surface area contributed by atoms with Gasteiger partial charge < -0.3 is 5.32 Å². The summed E-state index contributed by atoms with van der Waals surface area (Å²) in [6, 6.07) is 0.523. The lowest BCUT2D eigenvalue weighted by Crippen LogP contribution is -2.37. The first-order chi connectivity index (χ1) is 7.55. The molecule has 0 aromatic rings. The Labute approximate surface area is 99.9 Å². The van der Waals surface area contributed by atoms with Crippen LogP contribution in [0.15, 0.2) is 0 Å². The van der Waals surface area contributed by atoms with Crippen molar-refractivity contribution in [2.45, 2.75) is 52.0 Å². The Morgan fingerprint density at radius 2 is 1.88 bits per heavy atom. The van der Waals surface area contributed by atoms with Gasteiger partial charge in [0.05, 0.1) is 5.75 Å². The van der Waals surface area contributed by atoms with Crippen LogP contribution in [0.2, 0.25) is 0 Å². The average Bonchev–Trinajstić information content (AvgIpc) is 2.44. The first-order valence-electron chi connectivity index (χ1n) is 6.49. The minimum Gasteiger partial charge on any atom is -0.313 e. The van der Waals surface area contributed by atoms with Crippen LogP contribution < -0.4 is 5.32 Å². The molecule has 1 aliphatic carbocycles. The second-order valence-electron chi connectivity index (χ2n) is 4.91. The van der Waals surface area contributed by atoms with Crippen molar-refractivity contribution in [3.8, 4) is 0 Å². The highest BCUT2D eigenvalue weighted by Gasteiger charge is 2.19. The molecule has 96 valence electrons. The molecule has 1 rings (SSSR count).